The van der Waals surface area contributed by atoms with Crippen LogP contribution in [0.4, 0.5) is 0 Å². The molecule has 1 heterocycles. The summed E-state index contributed by atoms with van der Waals surface area (Å²) in [6.45, 7) is 0.204. The van der Waals surface area contributed by atoms with Gasteiger partial charge in [0.2, 0.25) is 17.7 Å². The number of benzene rings is 1. The third-order valence-corrected chi connectivity index (χ3v) is 6.31. The van der Waals surface area contributed by atoms with Gasteiger partial charge in [0.25, 0.3) is 0 Å². The van der Waals surface area contributed by atoms with Crippen molar-refractivity contribution < 1.29 is 44.1 Å². The number of aliphatic carboxylic acids is 3. The molecule has 0 aliphatic carbocycles. The molecule has 4 atom stereocenters. The number of nitrogens with one attached hydrogen (secondary N) is 4. The van der Waals surface area contributed by atoms with Gasteiger partial charge in [0, 0.05) is 36.5 Å². The molecule has 234 valence electrons. The predicted octanol–water partition coefficient (Wildman–Crippen LogP) is -2.03. The molecule has 0 saturated heterocycles. The maximum absolute atomic E-state index is 13.4. The Bertz CT molecular complexity index is 1360. The van der Waals surface area contributed by atoms with E-state index in [1.165, 1.54) is 0 Å². The van der Waals surface area contributed by atoms with Crippen LogP contribution in [0, 0.1) is 0 Å². The molecule has 2 aromatic rings. The van der Waals surface area contributed by atoms with E-state index in [2.05, 4.69) is 25.9 Å². The molecule has 3 amide bonds. The summed E-state index contributed by atoms with van der Waals surface area (Å²) in [5.74, 6) is -7.17. The third-order valence-electron chi connectivity index (χ3n) is 6.31. The fourth-order valence-corrected chi connectivity index (χ4v) is 4.11. The molecule has 1 aromatic carbocycles. The molecule has 2 rings (SSSR count). The average molecular weight is 605 g/mol. The highest BCUT2D eigenvalue weighted by Gasteiger charge is 2.32. The van der Waals surface area contributed by atoms with Crippen molar-refractivity contribution in [1.29, 1.82) is 0 Å². The van der Waals surface area contributed by atoms with Gasteiger partial charge < -0.3 is 53.5 Å². The van der Waals surface area contributed by atoms with Crippen LogP contribution in [-0.4, -0.2) is 92.6 Å². The van der Waals surface area contributed by atoms with Crippen LogP contribution >= 0.6 is 0 Å². The lowest BCUT2D eigenvalue weighted by Crippen LogP contribution is -2.57. The van der Waals surface area contributed by atoms with Crippen molar-refractivity contribution in [1.82, 2.24) is 20.9 Å². The van der Waals surface area contributed by atoms with Crippen molar-refractivity contribution >= 4 is 52.5 Å². The highest BCUT2D eigenvalue weighted by atomic mass is 16.4. The summed E-state index contributed by atoms with van der Waals surface area (Å²) >= 11 is 0. The van der Waals surface area contributed by atoms with Crippen molar-refractivity contribution in [2.45, 2.75) is 62.7 Å². The predicted molar refractivity (Wildman–Crippen MR) is 152 cm³/mol. The lowest BCUT2D eigenvalue weighted by Gasteiger charge is -2.25. The SMILES string of the molecule is NC(N)=NCCCC(N)C(=O)NC(CCC(=O)O)C(=O)NC(Cc1c[nH]c2ccccc12)C(=O)NC(CC(=O)O)C(=O)O. The minimum absolute atomic E-state index is 0.132. The lowest BCUT2D eigenvalue weighted by molar-refractivity contribution is -0.147. The summed E-state index contributed by atoms with van der Waals surface area (Å²) in [5.41, 5.74) is 17.7. The van der Waals surface area contributed by atoms with Gasteiger partial charge in [-0.3, -0.25) is 29.0 Å². The average Bonchev–Trinajstić information content (AvgIpc) is 3.34. The number of aromatic nitrogens is 1. The van der Waals surface area contributed by atoms with E-state index in [1.54, 1.807) is 30.5 Å². The fraction of sp³-hybridized carbons (Fsp3) is 0.423. The molecule has 0 aliphatic rings. The highest BCUT2D eigenvalue weighted by molar-refractivity contribution is 5.95. The second kappa shape index (κ2) is 16.3. The van der Waals surface area contributed by atoms with Gasteiger partial charge in [-0.25, -0.2) is 4.79 Å². The summed E-state index contributed by atoms with van der Waals surface area (Å²) in [6, 6.07) is 1.29. The first-order chi connectivity index (χ1) is 20.3. The Morgan fingerprint density at radius 2 is 1.47 bits per heavy atom. The number of amides is 3. The number of hydrogen-bond donors (Lipinski definition) is 10. The Hall–Kier alpha value is -5.19. The number of H-pyrrole nitrogens is 1. The third kappa shape index (κ3) is 11.3. The lowest BCUT2D eigenvalue weighted by atomic mass is 10.0. The van der Waals surface area contributed by atoms with Gasteiger partial charge in [-0.15, -0.1) is 0 Å². The summed E-state index contributed by atoms with van der Waals surface area (Å²) in [7, 11) is 0. The monoisotopic (exact) mass is 604 g/mol. The largest absolute Gasteiger partial charge is 0.481 e. The number of carboxylic acid groups (broad SMARTS) is 3. The van der Waals surface area contributed by atoms with E-state index in [-0.39, 0.29) is 31.8 Å². The van der Waals surface area contributed by atoms with Gasteiger partial charge in [-0.2, -0.15) is 0 Å². The quantitative estimate of drug-likeness (QED) is 0.0500. The van der Waals surface area contributed by atoms with Gasteiger partial charge in [-0.1, -0.05) is 18.2 Å². The Balaban J connectivity index is 2.28. The Morgan fingerprint density at radius 3 is 2.09 bits per heavy atom. The summed E-state index contributed by atoms with van der Waals surface area (Å²) < 4.78 is 0. The normalized spacial score (nSPS) is 13.6. The van der Waals surface area contributed by atoms with Crippen molar-refractivity contribution in [2.75, 3.05) is 6.54 Å². The number of nitrogens with two attached hydrogens (primary N) is 3. The van der Waals surface area contributed by atoms with Gasteiger partial charge in [0.1, 0.15) is 18.1 Å². The van der Waals surface area contributed by atoms with E-state index in [9.17, 15) is 33.9 Å². The Morgan fingerprint density at radius 1 is 0.837 bits per heavy atom. The zero-order valence-electron chi connectivity index (χ0n) is 23.1. The van der Waals surface area contributed by atoms with Crippen molar-refractivity contribution in [3.8, 4) is 0 Å². The first kappa shape index (κ1) is 34.0. The van der Waals surface area contributed by atoms with Gasteiger partial charge in [-0.05, 0) is 30.9 Å². The molecule has 0 saturated carbocycles. The number of carbonyl (C=O) groups excluding carboxylic acids is 3. The summed E-state index contributed by atoms with van der Waals surface area (Å²) in [4.78, 5) is 80.0. The molecule has 0 spiro atoms. The molecule has 17 nitrogen and oxygen atoms in total. The Labute approximate surface area is 245 Å². The number of aliphatic imine (C=N–C) groups is 1. The summed E-state index contributed by atoms with van der Waals surface area (Å²) in [5, 5.41) is 35.3. The minimum Gasteiger partial charge on any atom is -0.481 e. The number of nitrogens with zero attached hydrogens (tertiary/aromatic N) is 1. The smallest absolute Gasteiger partial charge is 0.326 e. The van der Waals surface area contributed by atoms with Crippen LogP contribution in [0.1, 0.15) is 37.7 Å². The van der Waals surface area contributed by atoms with Gasteiger partial charge in [0.05, 0.1) is 12.5 Å². The molecule has 17 heteroatoms. The van der Waals surface area contributed by atoms with E-state index in [0.29, 0.717) is 17.4 Å². The molecule has 0 aliphatic heterocycles. The Kier molecular flexibility index (Phi) is 12.9. The maximum atomic E-state index is 13.4. The van der Waals surface area contributed by atoms with Crippen molar-refractivity contribution in [3.05, 3.63) is 36.0 Å². The van der Waals surface area contributed by atoms with Gasteiger partial charge in [0.15, 0.2) is 5.96 Å². The number of hydrogen-bond acceptors (Lipinski definition) is 8. The first-order valence-corrected chi connectivity index (χ1v) is 13.2. The zero-order chi connectivity index (χ0) is 32.1. The molecule has 0 radical (unpaired) electrons. The van der Waals surface area contributed by atoms with Crippen molar-refractivity contribution in [3.63, 3.8) is 0 Å². The van der Waals surface area contributed by atoms with Gasteiger partial charge >= 0.3 is 17.9 Å². The standard InChI is InChI=1S/C26H36N8O9/c27-15(5-3-9-30-26(28)29)22(39)32-17(7-8-20(35)36)23(40)33-18(24(41)34-19(25(42)43)11-21(37)38)10-13-12-31-16-6-2-1-4-14(13)16/h1-2,4,6,12,15,17-19,31H,3,5,7-11,27H2,(H,32,39)(H,33,40)(H,34,41)(H,35,36)(H,37,38)(H,42,43)(H4,28,29,30). The topological polar surface area (TPSA) is 305 Å². The van der Waals surface area contributed by atoms with E-state index in [0.717, 1.165) is 5.52 Å². The van der Waals surface area contributed by atoms with E-state index in [1.807, 2.05) is 0 Å². The number of rotatable bonds is 18. The maximum Gasteiger partial charge on any atom is 0.326 e. The second-order valence-electron chi connectivity index (χ2n) is 9.67. The molecule has 0 fully saturated rings. The van der Waals surface area contributed by atoms with Crippen LogP contribution in [-0.2, 0) is 35.2 Å². The van der Waals surface area contributed by atoms with Crippen LogP contribution in [0.15, 0.2) is 35.5 Å². The number of para-hydroxylation sites is 1. The molecule has 0 bridgehead atoms. The first-order valence-electron chi connectivity index (χ1n) is 13.2. The van der Waals surface area contributed by atoms with E-state index >= 15 is 0 Å². The highest BCUT2D eigenvalue weighted by Crippen LogP contribution is 2.19. The number of carbonyl (C=O) groups is 6. The van der Waals surface area contributed by atoms with Crippen LogP contribution < -0.4 is 33.2 Å². The molecule has 4 unspecified atom stereocenters. The molecule has 1 aromatic heterocycles. The minimum atomic E-state index is -1.80. The number of guanidine groups is 1. The van der Waals surface area contributed by atoms with Crippen LogP contribution in [0.25, 0.3) is 10.9 Å². The molecule has 43 heavy (non-hydrogen) atoms. The van der Waals surface area contributed by atoms with E-state index in [4.69, 9.17) is 27.4 Å². The number of aromatic amines is 1. The molecular weight excluding hydrogens is 568 g/mol. The van der Waals surface area contributed by atoms with Crippen LogP contribution in [0.3, 0.4) is 0 Å². The van der Waals surface area contributed by atoms with E-state index < -0.39 is 72.6 Å². The fourth-order valence-electron chi connectivity index (χ4n) is 4.11. The van der Waals surface area contributed by atoms with Crippen molar-refractivity contribution in [2.24, 2.45) is 22.2 Å². The summed E-state index contributed by atoms with van der Waals surface area (Å²) in [6.07, 6.45) is 0.114. The molecule has 13 N–H and O–H groups in total. The van der Waals surface area contributed by atoms with Crippen LogP contribution in [0.5, 0.6) is 0 Å². The number of carboxylic acids is 3. The number of fused-ring (bicyclic) bond motifs is 1. The van der Waals surface area contributed by atoms with Crippen LogP contribution in [0.2, 0.25) is 0 Å². The second-order valence-corrected chi connectivity index (χ2v) is 9.67. The molecular formula is C26H36N8O9. The zero-order valence-corrected chi connectivity index (χ0v) is 23.1.